The standard InChI is InChI=1S/C13H19BrN2O3/c1-2-7-19-8-3-6-15-10-11-9-12(14)4-5-13(11)16(17)18/h4-5,9,15H,2-3,6-8,10H2,1H3. The van der Waals surface area contributed by atoms with E-state index in [-0.39, 0.29) is 10.6 Å². The molecule has 6 heteroatoms. The number of hydrogen-bond donors (Lipinski definition) is 1. The fourth-order valence-electron chi connectivity index (χ4n) is 1.64. The van der Waals surface area contributed by atoms with Crippen molar-refractivity contribution in [3.63, 3.8) is 0 Å². The van der Waals surface area contributed by atoms with Crippen molar-refractivity contribution in [2.24, 2.45) is 0 Å². The third-order valence-corrected chi connectivity index (χ3v) is 3.04. The highest BCUT2D eigenvalue weighted by atomic mass is 79.9. The van der Waals surface area contributed by atoms with E-state index in [9.17, 15) is 10.1 Å². The van der Waals surface area contributed by atoms with E-state index in [1.165, 1.54) is 6.07 Å². The Morgan fingerprint density at radius 2 is 2.21 bits per heavy atom. The average molecular weight is 331 g/mol. The summed E-state index contributed by atoms with van der Waals surface area (Å²) in [6.45, 7) is 4.86. The average Bonchev–Trinajstić information content (AvgIpc) is 2.37. The lowest BCUT2D eigenvalue weighted by atomic mass is 10.2. The van der Waals surface area contributed by atoms with Crippen molar-refractivity contribution in [2.45, 2.75) is 26.3 Å². The number of rotatable bonds is 9. The maximum Gasteiger partial charge on any atom is 0.273 e. The number of hydrogen-bond acceptors (Lipinski definition) is 4. The smallest absolute Gasteiger partial charge is 0.273 e. The molecule has 0 aliphatic rings. The number of nitrogens with zero attached hydrogens (tertiary/aromatic N) is 1. The van der Waals surface area contributed by atoms with Crippen LogP contribution in [0, 0.1) is 10.1 Å². The van der Waals surface area contributed by atoms with Crippen LogP contribution in [0.3, 0.4) is 0 Å². The maximum absolute atomic E-state index is 10.9. The van der Waals surface area contributed by atoms with Crippen LogP contribution in [0.5, 0.6) is 0 Å². The molecule has 0 saturated carbocycles. The topological polar surface area (TPSA) is 64.4 Å². The molecule has 0 aliphatic carbocycles. The molecule has 106 valence electrons. The van der Waals surface area contributed by atoms with E-state index in [0.29, 0.717) is 12.1 Å². The van der Waals surface area contributed by atoms with Gasteiger partial charge in [0.2, 0.25) is 0 Å². The van der Waals surface area contributed by atoms with Crippen molar-refractivity contribution >= 4 is 21.6 Å². The second kappa shape index (κ2) is 9.01. The van der Waals surface area contributed by atoms with Crippen LogP contribution in [0.15, 0.2) is 22.7 Å². The fraction of sp³-hybridized carbons (Fsp3) is 0.538. The number of nitro groups is 1. The van der Waals surface area contributed by atoms with Gasteiger partial charge in [-0.05, 0) is 31.5 Å². The van der Waals surface area contributed by atoms with E-state index in [1.807, 2.05) is 0 Å². The van der Waals surface area contributed by atoms with E-state index < -0.39 is 0 Å². The summed E-state index contributed by atoms with van der Waals surface area (Å²) >= 11 is 3.33. The monoisotopic (exact) mass is 330 g/mol. The van der Waals surface area contributed by atoms with Crippen LogP contribution >= 0.6 is 15.9 Å². The summed E-state index contributed by atoms with van der Waals surface area (Å²) in [4.78, 5) is 10.5. The molecule has 0 saturated heterocycles. The van der Waals surface area contributed by atoms with Crippen molar-refractivity contribution in [3.05, 3.63) is 38.3 Å². The summed E-state index contributed by atoms with van der Waals surface area (Å²) in [5, 5.41) is 14.1. The van der Waals surface area contributed by atoms with Gasteiger partial charge in [0.25, 0.3) is 5.69 Å². The number of nitrogens with one attached hydrogen (secondary N) is 1. The van der Waals surface area contributed by atoms with Gasteiger partial charge in [0.05, 0.1) is 4.92 Å². The zero-order valence-electron chi connectivity index (χ0n) is 11.0. The van der Waals surface area contributed by atoms with E-state index in [0.717, 1.165) is 37.1 Å². The molecule has 0 spiro atoms. The Balaban J connectivity index is 2.36. The molecule has 0 heterocycles. The normalized spacial score (nSPS) is 10.6. The summed E-state index contributed by atoms with van der Waals surface area (Å²) in [6.07, 6.45) is 1.93. The van der Waals surface area contributed by atoms with Crippen LogP contribution in [0.25, 0.3) is 0 Å². The lowest BCUT2D eigenvalue weighted by molar-refractivity contribution is -0.385. The molecule has 1 N–H and O–H groups in total. The minimum atomic E-state index is -0.353. The first-order valence-corrected chi connectivity index (χ1v) is 7.15. The summed E-state index contributed by atoms with van der Waals surface area (Å²) in [6, 6.07) is 4.98. The Labute approximate surface area is 121 Å². The van der Waals surface area contributed by atoms with Gasteiger partial charge in [-0.3, -0.25) is 10.1 Å². The van der Waals surface area contributed by atoms with Gasteiger partial charge in [0.15, 0.2) is 0 Å². The quantitative estimate of drug-likeness (QED) is 0.428. The van der Waals surface area contributed by atoms with Crippen molar-refractivity contribution < 1.29 is 9.66 Å². The van der Waals surface area contributed by atoms with Crippen molar-refractivity contribution in [1.29, 1.82) is 0 Å². The van der Waals surface area contributed by atoms with Gasteiger partial charge in [-0.15, -0.1) is 0 Å². The van der Waals surface area contributed by atoms with Crippen LogP contribution in [-0.2, 0) is 11.3 Å². The summed E-state index contributed by atoms with van der Waals surface area (Å²) in [7, 11) is 0. The van der Waals surface area contributed by atoms with Gasteiger partial charge in [0, 0.05) is 35.9 Å². The van der Waals surface area contributed by atoms with Gasteiger partial charge in [-0.25, -0.2) is 0 Å². The fourth-order valence-corrected chi connectivity index (χ4v) is 2.05. The predicted molar refractivity (Wildman–Crippen MR) is 78.2 cm³/mol. The molecule has 0 aromatic heterocycles. The predicted octanol–water partition coefficient (Wildman–Crippen LogP) is 3.26. The minimum Gasteiger partial charge on any atom is -0.381 e. The van der Waals surface area contributed by atoms with E-state index in [4.69, 9.17) is 4.74 Å². The van der Waals surface area contributed by atoms with Crippen LogP contribution in [0.4, 0.5) is 5.69 Å². The first-order chi connectivity index (χ1) is 9.15. The Hall–Kier alpha value is -0.980. The highest BCUT2D eigenvalue weighted by Gasteiger charge is 2.12. The second-order valence-corrected chi connectivity index (χ2v) is 5.09. The van der Waals surface area contributed by atoms with E-state index in [2.05, 4.69) is 28.2 Å². The number of halogens is 1. The van der Waals surface area contributed by atoms with Crippen LogP contribution in [-0.4, -0.2) is 24.7 Å². The zero-order chi connectivity index (χ0) is 14.1. The van der Waals surface area contributed by atoms with Crippen LogP contribution in [0.1, 0.15) is 25.3 Å². The highest BCUT2D eigenvalue weighted by Crippen LogP contribution is 2.22. The summed E-state index contributed by atoms with van der Waals surface area (Å²) in [5.41, 5.74) is 0.840. The van der Waals surface area contributed by atoms with Gasteiger partial charge in [0.1, 0.15) is 0 Å². The third kappa shape index (κ3) is 6.13. The minimum absolute atomic E-state index is 0.151. The van der Waals surface area contributed by atoms with Crippen LogP contribution < -0.4 is 5.32 Å². The molecule has 0 amide bonds. The lowest BCUT2D eigenvalue weighted by Gasteiger charge is -2.06. The molecule has 0 atom stereocenters. The van der Waals surface area contributed by atoms with Gasteiger partial charge in [-0.2, -0.15) is 0 Å². The first kappa shape index (κ1) is 16.1. The first-order valence-electron chi connectivity index (χ1n) is 6.36. The molecule has 0 bridgehead atoms. The molecule has 19 heavy (non-hydrogen) atoms. The number of nitro benzene ring substituents is 1. The van der Waals surface area contributed by atoms with Gasteiger partial charge in [-0.1, -0.05) is 22.9 Å². The lowest BCUT2D eigenvalue weighted by Crippen LogP contribution is -2.17. The zero-order valence-corrected chi connectivity index (χ0v) is 12.6. The Morgan fingerprint density at radius 3 is 2.89 bits per heavy atom. The van der Waals surface area contributed by atoms with Crippen LogP contribution in [0.2, 0.25) is 0 Å². The summed E-state index contributed by atoms with van der Waals surface area (Å²) in [5.74, 6) is 0. The van der Waals surface area contributed by atoms with E-state index >= 15 is 0 Å². The molecule has 0 fully saturated rings. The van der Waals surface area contributed by atoms with Gasteiger partial charge < -0.3 is 10.1 Å². The van der Waals surface area contributed by atoms with Gasteiger partial charge >= 0.3 is 0 Å². The second-order valence-electron chi connectivity index (χ2n) is 4.17. The number of ether oxygens (including phenoxy) is 1. The van der Waals surface area contributed by atoms with Crippen molar-refractivity contribution in [1.82, 2.24) is 5.32 Å². The maximum atomic E-state index is 10.9. The highest BCUT2D eigenvalue weighted by molar-refractivity contribution is 9.10. The largest absolute Gasteiger partial charge is 0.381 e. The van der Waals surface area contributed by atoms with Crippen molar-refractivity contribution in [3.8, 4) is 0 Å². The molecule has 0 unspecified atom stereocenters. The Morgan fingerprint density at radius 1 is 1.42 bits per heavy atom. The molecular weight excluding hydrogens is 312 g/mol. The third-order valence-electron chi connectivity index (χ3n) is 2.54. The van der Waals surface area contributed by atoms with E-state index in [1.54, 1.807) is 12.1 Å². The van der Waals surface area contributed by atoms with Crippen molar-refractivity contribution in [2.75, 3.05) is 19.8 Å². The Bertz CT molecular complexity index is 413. The molecule has 1 aromatic rings. The molecule has 5 nitrogen and oxygen atoms in total. The molecule has 0 radical (unpaired) electrons. The molecule has 0 aliphatic heterocycles. The molecule has 1 rings (SSSR count). The summed E-state index contributed by atoms with van der Waals surface area (Å²) < 4.78 is 6.21. The molecule has 1 aromatic carbocycles. The molecular formula is C13H19BrN2O3. The number of benzene rings is 1. The Kier molecular flexibility index (Phi) is 7.62. The SMILES string of the molecule is CCCOCCCNCc1cc(Br)ccc1[N+](=O)[O-].